The van der Waals surface area contributed by atoms with Gasteiger partial charge in [-0.25, -0.2) is 9.18 Å². The number of likely N-dealkylation sites (tertiary alicyclic amines) is 1. The number of piperidine rings is 3. The molecule has 3 saturated heterocycles. The number of rotatable bonds is 7. The first-order valence-electron chi connectivity index (χ1n) is 18.2. The van der Waals surface area contributed by atoms with E-state index in [4.69, 9.17) is 4.74 Å². The van der Waals surface area contributed by atoms with E-state index in [0.717, 1.165) is 18.4 Å². The fraction of sp³-hybridized carbons (Fsp3) is 0.525. The van der Waals surface area contributed by atoms with E-state index in [1.807, 2.05) is 48.5 Å². The van der Waals surface area contributed by atoms with E-state index >= 15 is 0 Å². The number of fused-ring (bicyclic) bond motifs is 4. The molecule has 4 aliphatic rings. The summed E-state index contributed by atoms with van der Waals surface area (Å²) in [4.78, 5) is 65.2. The van der Waals surface area contributed by atoms with Crippen LogP contribution < -0.4 is 0 Å². The van der Waals surface area contributed by atoms with E-state index < -0.39 is 23.6 Å². The second-order valence-electron chi connectivity index (χ2n) is 15.9. The van der Waals surface area contributed by atoms with E-state index in [0.29, 0.717) is 54.5 Å². The van der Waals surface area contributed by atoms with E-state index in [9.17, 15) is 23.6 Å². The van der Waals surface area contributed by atoms with Crippen molar-refractivity contribution in [1.29, 1.82) is 0 Å². The number of halogens is 1. The summed E-state index contributed by atoms with van der Waals surface area (Å²) in [5.41, 5.74) is 2.09. The average molecular weight is 700 g/mol. The van der Waals surface area contributed by atoms with Gasteiger partial charge in [-0.1, -0.05) is 12.2 Å². The predicted octanol–water partition coefficient (Wildman–Crippen LogP) is 7.19. The summed E-state index contributed by atoms with van der Waals surface area (Å²) >= 11 is 0. The SMILES string of the molecule is C=C1C[C@@H]2CC[C@H]1[C@@H](C(=O)N1CCC(C(=O)c3cn(-c4ccc(F)cc4C(=O)N(C(C)C)C(C)C)c4cnccc34)CC1)N2C(=O)OC(C)(C)C. The Labute approximate surface area is 299 Å². The van der Waals surface area contributed by atoms with Crippen LogP contribution in [0.3, 0.4) is 0 Å². The van der Waals surface area contributed by atoms with Crippen LogP contribution in [0.2, 0.25) is 0 Å². The van der Waals surface area contributed by atoms with Gasteiger partial charge in [-0.05, 0) is 105 Å². The van der Waals surface area contributed by atoms with Crippen LogP contribution in [0, 0.1) is 17.7 Å². The summed E-state index contributed by atoms with van der Waals surface area (Å²) in [7, 11) is 0. The summed E-state index contributed by atoms with van der Waals surface area (Å²) in [6.07, 6.45) is 7.77. The number of aromatic nitrogens is 2. The molecule has 7 rings (SSSR count). The van der Waals surface area contributed by atoms with Gasteiger partial charge in [0, 0.05) is 66.4 Å². The number of ketones is 1. The van der Waals surface area contributed by atoms with E-state index in [-0.39, 0.29) is 53.1 Å². The number of Topliss-reactive ketones (excluding diaryl/α,β-unsaturated/α-hetero) is 1. The van der Waals surface area contributed by atoms with Crippen LogP contribution >= 0.6 is 0 Å². The van der Waals surface area contributed by atoms with Crippen LogP contribution in [0.5, 0.6) is 0 Å². The Hall–Kier alpha value is -4.54. The van der Waals surface area contributed by atoms with Gasteiger partial charge in [0.25, 0.3) is 5.91 Å². The molecule has 11 heteroatoms. The number of carbonyl (C=O) groups excluding carboxylic acids is 4. The van der Waals surface area contributed by atoms with Gasteiger partial charge in [0.2, 0.25) is 5.91 Å². The number of pyridine rings is 1. The lowest BCUT2D eigenvalue weighted by molar-refractivity contribution is -0.144. The van der Waals surface area contributed by atoms with Crippen LogP contribution in [0.1, 0.15) is 101 Å². The molecule has 0 spiro atoms. The van der Waals surface area contributed by atoms with Gasteiger partial charge in [0.1, 0.15) is 17.5 Å². The third kappa shape index (κ3) is 6.91. The molecule has 1 aromatic carbocycles. The Balaban J connectivity index is 1.25. The van der Waals surface area contributed by atoms with Gasteiger partial charge in [0.15, 0.2) is 5.78 Å². The Morgan fingerprint density at radius 3 is 2.29 bits per heavy atom. The predicted molar refractivity (Wildman–Crippen MR) is 193 cm³/mol. The molecule has 4 fully saturated rings. The van der Waals surface area contributed by atoms with Crippen LogP contribution in [0.25, 0.3) is 16.6 Å². The highest BCUT2D eigenvalue weighted by Gasteiger charge is 2.51. The van der Waals surface area contributed by atoms with Gasteiger partial charge < -0.3 is 19.1 Å². The van der Waals surface area contributed by atoms with Crippen molar-refractivity contribution < 1.29 is 28.3 Å². The van der Waals surface area contributed by atoms with Crippen LogP contribution in [0.15, 0.2) is 55.0 Å². The summed E-state index contributed by atoms with van der Waals surface area (Å²) in [6, 6.07) is 4.92. The van der Waals surface area contributed by atoms with Crippen molar-refractivity contribution in [3.05, 3.63) is 72.0 Å². The zero-order chi connectivity index (χ0) is 36.9. The minimum Gasteiger partial charge on any atom is -0.444 e. The number of ether oxygens (including phenoxy) is 1. The van der Waals surface area contributed by atoms with Crippen molar-refractivity contribution in [1.82, 2.24) is 24.3 Å². The van der Waals surface area contributed by atoms with E-state index in [1.54, 1.807) is 50.0 Å². The summed E-state index contributed by atoms with van der Waals surface area (Å²) < 4.78 is 22.2. The maximum Gasteiger partial charge on any atom is 0.411 e. The third-order valence-corrected chi connectivity index (χ3v) is 10.6. The maximum atomic E-state index is 14.7. The first kappa shape index (κ1) is 36.3. The maximum absolute atomic E-state index is 14.7. The summed E-state index contributed by atoms with van der Waals surface area (Å²) in [5.74, 6) is -1.46. The molecular formula is C40H50FN5O5. The molecule has 2 aromatic heterocycles. The lowest BCUT2D eigenvalue weighted by Gasteiger charge is -2.52. The summed E-state index contributed by atoms with van der Waals surface area (Å²) in [6.45, 7) is 18.2. The van der Waals surface area contributed by atoms with E-state index in [2.05, 4.69) is 11.6 Å². The second-order valence-corrected chi connectivity index (χ2v) is 15.9. The number of hydrogen-bond donors (Lipinski definition) is 0. The van der Waals surface area contributed by atoms with E-state index in [1.165, 1.54) is 12.1 Å². The quantitative estimate of drug-likeness (QED) is 0.191. The molecule has 5 heterocycles. The number of hydrogen-bond acceptors (Lipinski definition) is 6. The molecular weight excluding hydrogens is 649 g/mol. The van der Waals surface area contributed by atoms with Crippen LogP contribution in [0.4, 0.5) is 9.18 Å². The molecule has 3 amide bonds. The molecule has 10 nitrogen and oxygen atoms in total. The summed E-state index contributed by atoms with van der Waals surface area (Å²) in [5, 5.41) is 0.686. The highest BCUT2D eigenvalue weighted by atomic mass is 19.1. The zero-order valence-electron chi connectivity index (χ0n) is 30.8. The van der Waals surface area contributed by atoms with Gasteiger partial charge in [-0.2, -0.15) is 0 Å². The lowest BCUT2D eigenvalue weighted by atomic mass is 9.71. The molecule has 51 heavy (non-hydrogen) atoms. The second kappa shape index (κ2) is 13.9. The first-order chi connectivity index (χ1) is 24.1. The molecule has 0 unspecified atom stereocenters. The topological polar surface area (TPSA) is 105 Å². The van der Waals surface area contributed by atoms with Crippen molar-refractivity contribution in [3.8, 4) is 5.69 Å². The van der Waals surface area contributed by atoms with Gasteiger partial charge in [-0.3, -0.25) is 24.3 Å². The fourth-order valence-corrected chi connectivity index (χ4v) is 8.37. The van der Waals surface area contributed by atoms with Gasteiger partial charge >= 0.3 is 6.09 Å². The van der Waals surface area contributed by atoms with Crippen molar-refractivity contribution in [2.75, 3.05) is 13.1 Å². The minimum atomic E-state index is -0.688. The Morgan fingerprint density at radius 1 is 0.980 bits per heavy atom. The highest BCUT2D eigenvalue weighted by molar-refractivity contribution is 6.10. The fourth-order valence-electron chi connectivity index (χ4n) is 8.37. The first-order valence-corrected chi connectivity index (χ1v) is 18.2. The third-order valence-electron chi connectivity index (χ3n) is 10.6. The minimum absolute atomic E-state index is 0.0569. The van der Waals surface area contributed by atoms with Crippen molar-refractivity contribution in [3.63, 3.8) is 0 Å². The van der Waals surface area contributed by atoms with Crippen LogP contribution in [-0.2, 0) is 9.53 Å². The van der Waals surface area contributed by atoms with Gasteiger partial charge in [0.05, 0.1) is 23.0 Å². The molecule has 272 valence electrons. The Kier molecular flexibility index (Phi) is 9.87. The van der Waals surface area contributed by atoms with Crippen molar-refractivity contribution in [2.24, 2.45) is 11.8 Å². The molecule has 3 aromatic rings. The molecule has 1 saturated carbocycles. The number of nitrogens with zero attached hydrogens (tertiary/aromatic N) is 5. The number of carbonyl (C=O) groups is 4. The van der Waals surface area contributed by atoms with Crippen molar-refractivity contribution >= 4 is 34.6 Å². The zero-order valence-corrected chi connectivity index (χ0v) is 30.8. The lowest BCUT2D eigenvalue weighted by Crippen LogP contribution is -2.64. The molecule has 3 aliphatic heterocycles. The monoisotopic (exact) mass is 699 g/mol. The Bertz CT molecular complexity index is 1860. The number of benzene rings is 1. The van der Waals surface area contributed by atoms with Crippen LogP contribution in [-0.4, -0.2) is 90.8 Å². The molecule has 3 atom stereocenters. The molecule has 0 N–H and O–H groups in total. The normalized spacial score (nSPS) is 21.1. The largest absolute Gasteiger partial charge is 0.444 e. The molecule has 0 radical (unpaired) electrons. The molecule has 2 bridgehead atoms. The van der Waals surface area contributed by atoms with Gasteiger partial charge in [-0.15, -0.1) is 0 Å². The average Bonchev–Trinajstić information content (AvgIpc) is 3.46. The standard InChI is InChI=1S/C40H50FN5O5/c1-23(2)45(24(3)4)37(48)31-20-27(41)9-12-33(31)44-22-32(30-13-16-42-21-34(30)44)36(47)26-14-17-43(18-15-26)38(49)35-29-11-10-28(19-25(29)5)46(35)39(50)51-40(6,7)8/h9,12-13,16,20-24,26,28-29,35H,5,10-11,14-15,17-19H2,1-4,6-8H3/t28-,29+,35-/m0/s1. The molecule has 1 aliphatic carbocycles. The van der Waals surface area contributed by atoms with Crippen molar-refractivity contribution in [2.45, 2.75) is 110 Å². The smallest absolute Gasteiger partial charge is 0.411 e. The number of amides is 3. The highest BCUT2D eigenvalue weighted by Crippen LogP contribution is 2.44. The Morgan fingerprint density at radius 2 is 1.67 bits per heavy atom.